The Balaban J connectivity index is 1.41. The third-order valence-corrected chi connectivity index (χ3v) is 8.49. The Labute approximate surface area is 257 Å². The van der Waals surface area contributed by atoms with Crippen LogP contribution in [0.4, 0.5) is 17.1 Å². The molecule has 0 saturated carbocycles. The molecule has 0 saturated heterocycles. The van der Waals surface area contributed by atoms with E-state index in [-0.39, 0.29) is 0 Å². The molecule has 6 rings (SSSR count). The number of rotatable bonds is 6. The molecule has 0 aliphatic rings. The van der Waals surface area contributed by atoms with Crippen LogP contribution in [-0.4, -0.2) is 0 Å². The van der Waals surface area contributed by atoms with Gasteiger partial charge in [-0.25, -0.2) is 0 Å². The summed E-state index contributed by atoms with van der Waals surface area (Å²) in [6, 6.07) is 47.0. The normalized spacial score (nSPS) is 11.0. The first kappa shape index (κ1) is 28.2. The Morgan fingerprint density at radius 1 is 0.302 bits per heavy atom. The number of aryl methyl sites for hydroxylation is 6. The Kier molecular flexibility index (Phi) is 7.74. The third-order valence-electron chi connectivity index (χ3n) is 8.49. The molecule has 0 atom stereocenters. The maximum absolute atomic E-state index is 2.35. The van der Waals surface area contributed by atoms with Gasteiger partial charge in [0.1, 0.15) is 0 Å². The van der Waals surface area contributed by atoms with E-state index in [2.05, 4.69) is 174 Å². The number of nitrogens with zero attached hydrogens (tertiary/aromatic N) is 1. The highest BCUT2D eigenvalue weighted by atomic mass is 15.1. The lowest BCUT2D eigenvalue weighted by molar-refractivity contribution is 1.28. The first-order valence-electron chi connectivity index (χ1n) is 15.1. The van der Waals surface area contributed by atoms with Gasteiger partial charge in [0.05, 0.1) is 0 Å². The molecule has 0 unspecified atom stereocenters. The van der Waals surface area contributed by atoms with Crippen molar-refractivity contribution < 1.29 is 0 Å². The molecule has 43 heavy (non-hydrogen) atoms. The predicted octanol–water partition coefficient (Wildman–Crippen LogP) is 12.0. The fourth-order valence-electron chi connectivity index (χ4n) is 5.96. The van der Waals surface area contributed by atoms with Gasteiger partial charge in [-0.1, -0.05) is 108 Å². The van der Waals surface area contributed by atoms with Gasteiger partial charge in [0, 0.05) is 17.1 Å². The SMILES string of the molecule is Cc1ccc(C)c(-c2ccc(N(c3ccc(-c4cc(C)ccc4C)cc3)c3ccc(-c4cc(C)ccc4C)cc3)cc2)c1. The molecule has 0 aromatic heterocycles. The molecule has 0 heterocycles. The van der Waals surface area contributed by atoms with Gasteiger partial charge in [0.25, 0.3) is 0 Å². The molecule has 212 valence electrons. The van der Waals surface area contributed by atoms with Crippen LogP contribution in [0.1, 0.15) is 33.4 Å². The maximum atomic E-state index is 2.35. The average Bonchev–Trinajstić information content (AvgIpc) is 3.02. The van der Waals surface area contributed by atoms with Gasteiger partial charge >= 0.3 is 0 Å². The molecular formula is C42H39N. The lowest BCUT2D eigenvalue weighted by Gasteiger charge is -2.26. The van der Waals surface area contributed by atoms with Crippen molar-refractivity contribution in [3.8, 4) is 33.4 Å². The Morgan fingerprint density at radius 2 is 0.558 bits per heavy atom. The van der Waals surface area contributed by atoms with Crippen molar-refractivity contribution in [1.82, 2.24) is 0 Å². The minimum absolute atomic E-state index is 1.13. The molecule has 1 heteroatoms. The van der Waals surface area contributed by atoms with Crippen molar-refractivity contribution in [2.45, 2.75) is 41.5 Å². The van der Waals surface area contributed by atoms with Gasteiger partial charge in [0.2, 0.25) is 0 Å². The zero-order valence-electron chi connectivity index (χ0n) is 26.1. The molecule has 0 amide bonds. The van der Waals surface area contributed by atoms with Gasteiger partial charge in [0.15, 0.2) is 0 Å². The average molecular weight is 558 g/mol. The van der Waals surface area contributed by atoms with Crippen LogP contribution in [0.25, 0.3) is 33.4 Å². The third kappa shape index (κ3) is 5.90. The van der Waals surface area contributed by atoms with E-state index >= 15 is 0 Å². The van der Waals surface area contributed by atoms with Crippen LogP contribution in [0.3, 0.4) is 0 Å². The largest absolute Gasteiger partial charge is 0.311 e. The van der Waals surface area contributed by atoms with Gasteiger partial charge < -0.3 is 4.90 Å². The minimum atomic E-state index is 1.13. The summed E-state index contributed by atoms with van der Waals surface area (Å²) in [7, 11) is 0. The van der Waals surface area contributed by atoms with E-state index in [0.717, 1.165) is 17.1 Å². The highest BCUT2D eigenvalue weighted by Gasteiger charge is 2.15. The number of hydrogen-bond donors (Lipinski definition) is 0. The van der Waals surface area contributed by atoms with Crippen molar-refractivity contribution in [3.63, 3.8) is 0 Å². The van der Waals surface area contributed by atoms with E-state index in [1.54, 1.807) is 0 Å². The molecule has 0 aliphatic heterocycles. The van der Waals surface area contributed by atoms with Crippen molar-refractivity contribution in [1.29, 1.82) is 0 Å². The standard InChI is InChI=1S/C42H39N/c1-28-7-10-31(4)40(25-28)34-13-19-37(20-14-34)43(38-21-15-35(16-22-38)41-26-29(2)8-11-32(41)5)39-23-17-36(18-24-39)42-27-30(3)9-12-33(42)6/h7-27H,1-6H3. The van der Waals surface area contributed by atoms with Crippen LogP contribution in [0.5, 0.6) is 0 Å². The van der Waals surface area contributed by atoms with Crippen LogP contribution < -0.4 is 4.90 Å². The summed E-state index contributed by atoms with van der Waals surface area (Å²) in [6.07, 6.45) is 0. The summed E-state index contributed by atoms with van der Waals surface area (Å²) in [6.45, 7) is 13.0. The van der Waals surface area contributed by atoms with E-state index in [0.29, 0.717) is 0 Å². The zero-order chi connectivity index (χ0) is 30.1. The van der Waals surface area contributed by atoms with Crippen molar-refractivity contribution in [2.75, 3.05) is 4.90 Å². The van der Waals surface area contributed by atoms with Crippen molar-refractivity contribution in [2.24, 2.45) is 0 Å². The second kappa shape index (κ2) is 11.8. The summed E-state index contributed by atoms with van der Waals surface area (Å²) in [5.74, 6) is 0. The minimum Gasteiger partial charge on any atom is -0.311 e. The van der Waals surface area contributed by atoms with Gasteiger partial charge in [-0.15, -0.1) is 0 Å². The van der Waals surface area contributed by atoms with Crippen molar-refractivity contribution >= 4 is 17.1 Å². The smallest absolute Gasteiger partial charge is 0.0462 e. The molecule has 0 radical (unpaired) electrons. The summed E-state index contributed by atoms with van der Waals surface area (Å²) >= 11 is 0. The molecular weight excluding hydrogens is 518 g/mol. The topological polar surface area (TPSA) is 3.24 Å². The predicted molar refractivity (Wildman–Crippen MR) is 186 cm³/mol. The van der Waals surface area contributed by atoms with Crippen LogP contribution >= 0.6 is 0 Å². The van der Waals surface area contributed by atoms with Gasteiger partial charge in [-0.2, -0.15) is 0 Å². The van der Waals surface area contributed by atoms with Crippen LogP contribution in [0.2, 0.25) is 0 Å². The van der Waals surface area contributed by atoms with Gasteiger partial charge in [-0.3, -0.25) is 0 Å². The number of anilines is 3. The molecule has 6 aromatic rings. The fraction of sp³-hybridized carbons (Fsp3) is 0.143. The quantitative estimate of drug-likeness (QED) is 0.197. The first-order valence-corrected chi connectivity index (χ1v) is 15.1. The molecule has 0 bridgehead atoms. The van der Waals surface area contributed by atoms with E-state index in [1.807, 2.05) is 0 Å². The van der Waals surface area contributed by atoms with Crippen LogP contribution in [0, 0.1) is 41.5 Å². The maximum Gasteiger partial charge on any atom is 0.0462 e. The lowest BCUT2D eigenvalue weighted by atomic mass is 9.97. The first-order chi connectivity index (χ1) is 20.8. The highest BCUT2D eigenvalue weighted by Crippen LogP contribution is 2.38. The Bertz CT molecular complexity index is 1670. The molecule has 6 aromatic carbocycles. The molecule has 0 fully saturated rings. The zero-order valence-corrected chi connectivity index (χ0v) is 26.1. The van der Waals surface area contributed by atoms with Crippen LogP contribution in [0.15, 0.2) is 127 Å². The summed E-state index contributed by atoms with van der Waals surface area (Å²) < 4.78 is 0. The van der Waals surface area contributed by atoms with Crippen LogP contribution in [-0.2, 0) is 0 Å². The van der Waals surface area contributed by atoms with E-state index in [9.17, 15) is 0 Å². The van der Waals surface area contributed by atoms with E-state index in [4.69, 9.17) is 0 Å². The number of benzene rings is 6. The monoisotopic (exact) mass is 557 g/mol. The number of hydrogen-bond acceptors (Lipinski definition) is 1. The summed E-state index contributed by atoms with van der Waals surface area (Å²) in [5.41, 5.74) is 18.7. The molecule has 0 aliphatic carbocycles. The fourth-order valence-corrected chi connectivity index (χ4v) is 5.96. The molecule has 1 nitrogen and oxygen atoms in total. The molecule has 0 spiro atoms. The van der Waals surface area contributed by atoms with E-state index in [1.165, 1.54) is 66.8 Å². The molecule has 0 N–H and O–H groups in total. The van der Waals surface area contributed by atoms with E-state index < -0.39 is 0 Å². The van der Waals surface area contributed by atoms with Crippen molar-refractivity contribution in [3.05, 3.63) is 161 Å². The Morgan fingerprint density at radius 3 is 0.814 bits per heavy atom. The summed E-state index contributed by atoms with van der Waals surface area (Å²) in [5, 5.41) is 0. The lowest BCUT2D eigenvalue weighted by Crippen LogP contribution is -2.09. The second-order valence-corrected chi connectivity index (χ2v) is 11.9. The second-order valence-electron chi connectivity index (χ2n) is 11.9. The Hall–Kier alpha value is -4.88. The van der Waals surface area contributed by atoms with Gasteiger partial charge in [-0.05, 0) is 128 Å². The highest BCUT2D eigenvalue weighted by molar-refractivity contribution is 5.82. The summed E-state index contributed by atoms with van der Waals surface area (Å²) in [4.78, 5) is 2.35.